The summed E-state index contributed by atoms with van der Waals surface area (Å²) in [6, 6.07) is 8.10. The molecular formula is C24H40N4O4. The molecule has 6 atom stereocenters. The zero-order chi connectivity index (χ0) is 24.0. The molecule has 1 saturated heterocycles. The second-order valence-electron chi connectivity index (χ2n) is 9.15. The number of carbonyl (C=O) groups excluding carboxylic acids is 2. The second kappa shape index (κ2) is 11.7. The summed E-state index contributed by atoms with van der Waals surface area (Å²) in [6.45, 7) is 8.16. The quantitative estimate of drug-likeness (QED) is 0.503. The Balaban J connectivity index is 2.07. The van der Waals surface area contributed by atoms with Crippen LogP contribution >= 0.6 is 0 Å². The molecule has 0 bridgehead atoms. The van der Waals surface area contributed by atoms with E-state index in [2.05, 4.69) is 5.32 Å². The number of hydrogen-bond donors (Lipinski definition) is 3. The number of aliphatic hydroxyl groups is 1. The molecule has 2 amide bonds. The zero-order valence-corrected chi connectivity index (χ0v) is 20.2. The van der Waals surface area contributed by atoms with Crippen LogP contribution in [0.5, 0.6) is 0 Å². The molecule has 0 saturated carbocycles. The van der Waals surface area contributed by atoms with Crippen molar-refractivity contribution < 1.29 is 19.4 Å². The van der Waals surface area contributed by atoms with Crippen molar-refractivity contribution in [3.05, 3.63) is 35.9 Å². The second-order valence-corrected chi connectivity index (χ2v) is 9.15. The number of aliphatic hydroxyl groups excluding tert-OH is 1. The van der Waals surface area contributed by atoms with Gasteiger partial charge < -0.3 is 20.9 Å². The van der Waals surface area contributed by atoms with E-state index in [9.17, 15) is 14.7 Å². The van der Waals surface area contributed by atoms with Gasteiger partial charge in [-0.05, 0) is 31.2 Å². The van der Waals surface area contributed by atoms with E-state index in [-0.39, 0.29) is 23.8 Å². The Bertz CT molecular complexity index is 745. The molecule has 2 rings (SSSR count). The number of nitrogens with two attached hydrogens (primary N) is 1. The van der Waals surface area contributed by atoms with Crippen molar-refractivity contribution in [2.24, 2.45) is 17.6 Å². The monoisotopic (exact) mass is 448 g/mol. The van der Waals surface area contributed by atoms with E-state index in [1.165, 1.54) is 0 Å². The lowest BCUT2D eigenvalue weighted by atomic mass is 9.94. The van der Waals surface area contributed by atoms with E-state index >= 15 is 0 Å². The number of ether oxygens (including phenoxy) is 1. The van der Waals surface area contributed by atoms with E-state index in [0.717, 1.165) is 18.4 Å². The van der Waals surface area contributed by atoms with Crippen LogP contribution in [0.2, 0.25) is 0 Å². The number of likely N-dealkylation sites (N-methyl/N-ethyl adjacent to an activating group) is 1. The summed E-state index contributed by atoms with van der Waals surface area (Å²) in [4.78, 5) is 25.8. The van der Waals surface area contributed by atoms with E-state index in [0.29, 0.717) is 6.54 Å². The normalized spacial score (nSPS) is 21.6. The van der Waals surface area contributed by atoms with Crippen LogP contribution in [0.4, 0.5) is 0 Å². The number of nitrogens with zero attached hydrogens (tertiary/aromatic N) is 2. The lowest BCUT2D eigenvalue weighted by Gasteiger charge is -2.39. The van der Waals surface area contributed by atoms with Gasteiger partial charge in [0.2, 0.25) is 5.91 Å². The van der Waals surface area contributed by atoms with Crippen LogP contribution in [0.25, 0.3) is 0 Å². The lowest BCUT2D eigenvalue weighted by Crippen LogP contribution is -2.58. The molecule has 0 aliphatic carbocycles. The van der Waals surface area contributed by atoms with Crippen molar-refractivity contribution in [1.29, 1.82) is 0 Å². The molecule has 1 fully saturated rings. The first-order valence-electron chi connectivity index (χ1n) is 11.5. The molecular weight excluding hydrogens is 408 g/mol. The average molecular weight is 449 g/mol. The van der Waals surface area contributed by atoms with Crippen LogP contribution in [0.15, 0.2) is 30.3 Å². The van der Waals surface area contributed by atoms with Gasteiger partial charge in [0.15, 0.2) is 0 Å². The maximum absolute atomic E-state index is 13.0. The van der Waals surface area contributed by atoms with Crippen molar-refractivity contribution in [2.75, 3.05) is 20.7 Å². The molecule has 0 unspecified atom stereocenters. The fraction of sp³-hybridized carbons (Fsp3) is 0.667. The molecule has 0 spiro atoms. The molecule has 8 heteroatoms. The van der Waals surface area contributed by atoms with Crippen molar-refractivity contribution in [2.45, 2.75) is 70.9 Å². The molecule has 0 radical (unpaired) electrons. The van der Waals surface area contributed by atoms with Gasteiger partial charge in [0, 0.05) is 20.7 Å². The van der Waals surface area contributed by atoms with Gasteiger partial charge in [0.05, 0.1) is 36.3 Å². The third-order valence-electron chi connectivity index (χ3n) is 6.52. The fourth-order valence-corrected chi connectivity index (χ4v) is 4.33. The van der Waals surface area contributed by atoms with Gasteiger partial charge >= 0.3 is 0 Å². The minimum atomic E-state index is -0.808. The highest BCUT2D eigenvalue weighted by Crippen LogP contribution is 2.28. The molecule has 1 aromatic rings. The number of rotatable bonds is 10. The number of methoxy groups -OCH3 is 1. The summed E-state index contributed by atoms with van der Waals surface area (Å²) in [5.41, 5.74) is 6.83. The summed E-state index contributed by atoms with van der Waals surface area (Å²) in [7, 11) is 3.33. The minimum Gasteiger partial charge on any atom is -0.386 e. The third-order valence-corrected chi connectivity index (χ3v) is 6.52. The van der Waals surface area contributed by atoms with Gasteiger partial charge in [-0.25, -0.2) is 5.01 Å². The Kier molecular flexibility index (Phi) is 9.64. The van der Waals surface area contributed by atoms with Crippen molar-refractivity contribution in [1.82, 2.24) is 15.3 Å². The number of amides is 2. The molecule has 0 aromatic heterocycles. The number of hydrazine groups is 1. The molecule has 8 nitrogen and oxygen atoms in total. The number of hydrogen-bond acceptors (Lipinski definition) is 6. The molecule has 4 N–H and O–H groups in total. The summed E-state index contributed by atoms with van der Waals surface area (Å²) in [5.74, 6) is -0.776. The van der Waals surface area contributed by atoms with Gasteiger partial charge in [-0.3, -0.25) is 14.6 Å². The molecule has 32 heavy (non-hydrogen) atoms. The van der Waals surface area contributed by atoms with Crippen LogP contribution in [0.3, 0.4) is 0 Å². The van der Waals surface area contributed by atoms with Crippen LogP contribution in [0.1, 0.15) is 52.2 Å². The molecule has 1 heterocycles. The van der Waals surface area contributed by atoms with E-state index in [1.54, 1.807) is 26.1 Å². The molecule has 1 aromatic carbocycles. The minimum absolute atomic E-state index is 0.0338. The predicted molar refractivity (Wildman–Crippen MR) is 124 cm³/mol. The SMILES string of the molecule is CO[C@H]([C@@H](C)C(=O)N[C@H](C)[C@@H](O)c1ccccc1)[C@@H]1CCCN1N(C)C(=O)[C@@H](N)C(C)C. The number of benzene rings is 1. The first-order valence-corrected chi connectivity index (χ1v) is 11.5. The number of carbonyl (C=O) groups is 2. The molecule has 1 aliphatic heterocycles. The van der Waals surface area contributed by atoms with Crippen molar-refractivity contribution >= 4 is 11.8 Å². The van der Waals surface area contributed by atoms with Gasteiger partial charge in [-0.15, -0.1) is 0 Å². The number of nitrogens with one attached hydrogen (secondary N) is 1. The largest absolute Gasteiger partial charge is 0.386 e. The Labute approximate surface area is 192 Å². The summed E-state index contributed by atoms with van der Waals surface area (Å²) >= 11 is 0. The molecule has 1 aliphatic rings. The Hall–Kier alpha value is -2.00. The predicted octanol–water partition coefficient (Wildman–Crippen LogP) is 1.70. The lowest BCUT2D eigenvalue weighted by molar-refractivity contribution is -0.157. The average Bonchev–Trinajstić information content (AvgIpc) is 3.27. The van der Waals surface area contributed by atoms with Gasteiger partial charge in [-0.2, -0.15) is 0 Å². The van der Waals surface area contributed by atoms with Crippen molar-refractivity contribution in [3.63, 3.8) is 0 Å². The van der Waals surface area contributed by atoms with Crippen LogP contribution < -0.4 is 11.1 Å². The fourth-order valence-electron chi connectivity index (χ4n) is 4.33. The van der Waals surface area contributed by atoms with Crippen molar-refractivity contribution in [3.8, 4) is 0 Å². The third kappa shape index (κ3) is 6.07. The van der Waals surface area contributed by atoms with Gasteiger partial charge in [-0.1, -0.05) is 51.1 Å². The molecule has 180 valence electrons. The van der Waals surface area contributed by atoms with Gasteiger partial charge in [0.1, 0.15) is 0 Å². The van der Waals surface area contributed by atoms with Gasteiger partial charge in [0.25, 0.3) is 5.91 Å². The summed E-state index contributed by atoms with van der Waals surface area (Å²) in [6.07, 6.45) is 0.491. The maximum atomic E-state index is 13.0. The Morgan fingerprint density at radius 2 is 1.84 bits per heavy atom. The smallest absolute Gasteiger partial charge is 0.253 e. The first-order chi connectivity index (χ1) is 15.1. The Morgan fingerprint density at radius 1 is 1.22 bits per heavy atom. The van der Waals surface area contributed by atoms with E-state index < -0.39 is 30.2 Å². The highest BCUT2D eigenvalue weighted by molar-refractivity contribution is 5.81. The summed E-state index contributed by atoms with van der Waals surface area (Å²) in [5, 5.41) is 17.1. The highest BCUT2D eigenvalue weighted by Gasteiger charge is 2.41. The standard InChI is InChI=1S/C24H40N4O4/c1-15(2)20(25)24(31)27(5)28-14-10-13-19(28)22(32-6)16(3)23(30)26-17(4)21(29)18-11-8-7-9-12-18/h7-9,11-12,15-17,19-22,29H,10,13-14,25H2,1-6H3,(H,26,30)/t16-,17-,19+,20+,21-,22-/m1/s1. The van der Waals surface area contributed by atoms with Crippen LogP contribution in [0, 0.1) is 11.8 Å². The first kappa shape index (κ1) is 26.3. The van der Waals surface area contributed by atoms with E-state index in [4.69, 9.17) is 10.5 Å². The van der Waals surface area contributed by atoms with Crippen LogP contribution in [-0.4, -0.2) is 71.9 Å². The van der Waals surface area contributed by atoms with E-state index in [1.807, 2.05) is 56.1 Å². The Morgan fingerprint density at radius 3 is 2.41 bits per heavy atom. The van der Waals surface area contributed by atoms with Crippen LogP contribution in [-0.2, 0) is 14.3 Å². The maximum Gasteiger partial charge on any atom is 0.253 e. The summed E-state index contributed by atoms with van der Waals surface area (Å²) < 4.78 is 5.78. The zero-order valence-electron chi connectivity index (χ0n) is 20.2. The topological polar surface area (TPSA) is 108 Å². The highest BCUT2D eigenvalue weighted by atomic mass is 16.5.